The molecular formula is C22H28N2O4. The lowest BCUT2D eigenvalue weighted by Crippen LogP contribution is -2.49. The molecule has 6 heteroatoms. The van der Waals surface area contributed by atoms with Gasteiger partial charge in [0.1, 0.15) is 11.8 Å². The highest BCUT2D eigenvalue weighted by atomic mass is 16.5. The van der Waals surface area contributed by atoms with E-state index in [1.807, 2.05) is 48.5 Å². The van der Waals surface area contributed by atoms with E-state index >= 15 is 0 Å². The average Bonchev–Trinajstić information content (AvgIpc) is 2.74. The predicted octanol–water partition coefficient (Wildman–Crippen LogP) is 2.64. The maximum Gasteiger partial charge on any atom is 0.261 e. The standard InChI is InChI=1S/C22H28N2O4/c1-18(22(26)23-14-9-15-27-2)24(16-19-10-5-3-6-11-19)21(25)17-28-20-12-7-4-8-13-20/h3-8,10-13,18H,9,14-17H2,1-2H3,(H,23,26)/t18-/m1/s1. The van der Waals surface area contributed by atoms with Gasteiger partial charge in [0.2, 0.25) is 5.91 Å². The number of nitrogens with zero attached hydrogens (tertiary/aromatic N) is 1. The van der Waals surface area contributed by atoms with Crippen LogP contribution in [0.4, 0.5) is 0 Å². The first-order valence-electron chi connectivity index (χ1n) is 9.39. The van der Waals surface area contributed by atoms with Crippen molar-refractivity contribution < 1.29 is 19.1 Å². The van der Waals surface area contributed by atoms with Crippen LogP contribution in [-0.4, -0.2) is 49.6 Å². The second-order valence-corrected chi connectivity index (χ2v) is 6.42. The van der Waals surface area contributed by atoms with E-state index in [1.165, 1.54) is 0 Å². The number of para-hydroxylation sites is 1. The Balaban J connectivity index is 2.02. The van der Waals surface area contributed by atoms with Crippen molar-refractivity contribution in [2.75, 3.05) is 26.9 Å². The van der Waals surface area contributed by atoms with E-state index in [2.05, 4.69) is 5.32 Å². The first kappa shape index (κ1) is 21.4. The second kappa shape index (κ2) is 11.8. The van der Waals surface area contributed by atoms with Crippen molar-refractivity contribution in [2.45, 2.75) is 25.9 Å². The number of nitrogens with one attached hydrogen (secondary N) is 1. The van der Waals surface area contributed by atoms with Gasteiger partial charge in [0, 0.05) is 26.8 Å². The molecule has 0 bridgehead atoms. The van der Waals surface area contributed by atoms with E-state index in [9.17, 15) is 9.59 Å². The van der Waals surface area contributed by atoms with E-state index in [0.717, 1.165) is 12.0 Å². The van der Waals surface area contributed by atoms with Crippen molar-refractivity contribution in [3.63, 3.8) is 0 Å². The zero-order valence-corrected chi connectivity index (χ0v) is 16.5. The van der Waals surface area contributed by atoms with E-state index in [1.54, 1.807) is 31.1 Å². The summed E-state index contributed by atoms with van der Waals surface area (Å²) in [5.74, 6) is 0.180. The summed E-state index contributed by atoms with van der Waals surface area (Å²) in [6.45, 7) is 3.02. The average molecular weight is 384 g/mol. The van der Waals surface area contributed by atoms with Gasteiger partial charge in [-0.3, -0.25) is 9.59 Å². The van der Waals surface area contributed by atoms with Crippen molar-refractivity contribution in [1.29, 1.82) is 0 Å². The fourth-order valence-electron chi connectivity index (χ4n) is 2.68. The van der Waals surface area contributed by atoms with Gasteiger partial charge < -0.3 is 19.7 Å². The molecule has 2 aromatic carbocycles. The minimum absolute atomic E-state index is 0.127. The molecule has 150 valence electrons. The predicted molar refractivity (Wildman–Crippen MR) is 108 cm³/mol. The lowest BCUT2D eigenvalue weighted by Gasteiger charge is -2.28. The minimum atomic E-state index is -0.616. The summed E-state index contributed by atoms with van der Waals surface area (Å²) in [6, 6.07) is 18.1. The molecular weight excluding hydrogens is 356 g/mol. The Morgan fingerprint density at radius 1 is 1.04 bits per heavy atom. The molecule has 0 saturated carbocycles. The van der Waals surface area contributed by atoms with Gasteiger partial charge in [0.05, 0.1) is 0 Å². The van der Waals surface area contributed by atoms with Crippen LogP contribution in [0.1, 0.15) is 18.9 Å². The van der Waals surface area contributed by atoms with Crippen molar-refractivity contribution in [2.24, 2.45) is 0 Å². The number of benzene rings is 2. The summed E-state index contributed by atoms with van der Waals surface area (Å²) in [5, 5.41) is 2.86. The molecule has 2 rings (SSSR count). The Bertz CT molecular complexity index is 722. The molecule has 1 N–H and O–H groups in total. The lowest BCUT2D eigenvalue weighted by molar-refractivity contribution is -0.142. The quantitative estimate of drug-likeness (QED) is 0.605. The largest absolute Gasteiger partial charge is 0.484 e. The van der Waals surface area contributed by atoms with Crippen LogP contribution in [0.15, 0.2) is 60.7 Å². The molecule has 0 spiro atoms. The van der Waals surface area contributed by atoms with Crippen LogP contribution in [0.3, 0.4) is 0 Å². The smallest absolute Gasteiger partial charge is 0.261 e. The van der Waals surface area contributed by atoms with Gasteiger partial charge in [-0.1, -0.05) is 48.5 Å². The molecule has 0 aromatic heterocycles. The molecule has 2 aromatic rings. The van der Waals surface area contributed by atoms with Crippen LogP contribution in [0.5, 0.6) is 5.75 Å². The molecule has 1 atom stereocenters. The van der Waals surface area contributed by atoms with Gasteiger partial charge in [-0.05, 0) is 31.0 Å². The number of ether oxygens (including phenoxy) is 2. The van der Waals surface area contributed by atoms with Crippen LogP contribution < -0.4 is 10.1 Å². The molecule has 0 fully saturated rings. The van der Waals surface area contributed by atoms with Gasteiger partial charge in [-0.25, -0.2) is 0 Å². The van der Waals surface area contributed by atoms with Crippen LogP contribution in [0.25, 0.3) is 0 Å². The SMILES string of the molecule is COCCCNC(=O)[C@@H](C)N(Cc1ccccc1)C(=O)COc1ccccc1. The van der Waals surface area contributed by atoms with Crippen LogP contribution in [0, 0.1) is 0 Å². The highest BCUT2D eigenvalue weighted by Crippen LogP contribution is 2.12. The van der Waals surface area contributed by atoms with E-state index < -0.39 is 6.04 Å². The minimum Gasteiger partial charge on any atom is -0.484 e. The highest BCUT2D eigenvalue weighted by Gasteiger charge is 2.26. The monoisotopic (exact) mass is 384 g/mol. The number of carbonyl (C=O) groups is 2. The van der Waals surface area contributed by atoms with Crippen molar-refractivity contribution in [1.82, 2.24) is 10.2 Å². The molecule has 0 aliphatic rings. The number of methoxy groups -OCH3 is 1. The van der Waals surface area contributed by atoms with E-state index in [4.69, 9.17) is 9.47 Å². The number of hydrogen-bond donors (Lipinski definition) is 1. The molecule has 0 radical (unpaired) electrons. The number of carbonyl (C=O) groups excluding carboxylic acids is 2. The van der Waals surface area contributed by atoms with E-state index in [0.29, 0.717) is 25.4 Å². The van der Waals surface area contributed by atoms with Gasteiger partial charge in [-0.15, -0.1) is 0 Å². The third-order valence-electron chi connectivity index (χ3n) is 4.29. The Morgan fingerprint density at radius 3 is 2.32 bits per heavy atom. The fourth-order valence-corrected chi connectivity index (χ4v) is 2.68. The Kier molecular flexibility index (Phi) is 9.01. The van der Waals surface area contributed by atoms with Gasteiger partial charge in [-0.2, -0.15) is 0 Å². The third kappa shape index (κ3) is 7.04. The topological polar surface area (TPSA) is 67.9 Å². The number of rotatable bonds is 11. The van der Waals surface area contributed by atoms with Gasteiger partial charge in [0.25, 0.3) is 5.91 Å². The number of hydrogen-bond acceptors (Lipinski definition) is 4. The molecule has 28 heavy (non-hydrogen) atoms. The zero-order valence-electron chi connectivity index (χ0n) is 16.5. The summed E-state index contributed by atoms with van der Waals surface area (Å²) >= 11 is 0. The summed E-state index contributed by atoms with van der Waals surface area (Å²) in [5.41, 5.74) is 0.953. The Morgan fingerprint density at radius 2 is 1.68 bits per heavy atom. The maximum absolute atomic E-state index is 12.8. The second-order valence-electron chi connectivity index (χ2n) is 6.42. The fraction of sp³-hybridized carbons (Fsp3) is 0.364. The van der Waals surface area contributed by atoms with E-state index in [-0.39, 0.29) is 18.4 Å². The number of amides is 2. The van der Waals surface area contributed by atoms with Gasteiger partial charge in [0.15, 0.2) is 6.61 Å². The van der Waals surface area contributed by atoms with Gasteiger partial charge >= 0.3 is 0 Å². The lowest BCUT2D eigenvalue weighted by atomic mass is 10.1. The molecule has 0 saturated heterocycles. The molecule has 0 heterocycles. The normalized spacial score (nSPS) is 11.5. The molecule has 0 aliphatic heterocycles. The Hall–Kier alpha value is -2.86. The van der Waals surface area contributed by atoms with Crippen LogP contribution >= 0.6 is 0 Å². The molecule has 0 unspecified atom stereocenters. The van der Waals surface area contributed by atoms with Crippen LogP contribution in [0.2, 0.25) is 0 Å². The van der Waals surface area contributed by atoms with Crippen LogP contribution in [-0.2, 0) is 20.9 Å². The molecule has 2 amide bonds. The van der Waals surface area contributed by atoms with Crippen molar-refractivity contribution >= 4 is 11.8 Å². The van der Waals surface area contributed by atoms with Crippen molar-refractivity contribution in [3.05, 3.63) is 66.2 Å². The highest BCUT2D eigenvalue weighted by molar-refractivity contribution is 5.87. The molecule has 6 nitrogen and oxygen atoms in total. The maximum atomic E-state index is 12.8. The Labute approximate surface area is 166 Å². The third-order valence-corrected chi connectivity index (χ3v) is 4.29. The summed E-state index contributed by atoms with van der Waals surface area (Å²) in [7, 11) is 1.62. The summed E-state index contributed by atoms with van der Waals surface area (Å²) in [6.07, 6.45) is 0.721. The first-order chi connectivity index (χ1) is 13.6. The summed E-state index contributed by atoms with van der Waals surface area (Å²) in [4.78, 5) is 26.9. The van der Waals surface area contributed by atoms with Crippen molar-refractivity contribution in [3.8, 4) is 5.75 Å². The zero-order chi connectivity index (χ0) is 20.2. The molecule has 0 aliphatic carbocycles. The first-order valence-corrected chi connectivity index (χ1v) is 9.39. The summed E-state index contributed by atoms with van der Waals surface area (Å²) < 4.78 is 10.6.